The van der Waals surface area contributed by atoms with Crippen LogP contribution in [0.25, 0.3) is 0 Å². The van der Waals surface area contributed by atoms with E-state index < -0.39 is 5.54 Å². The number of likely N-dealkylation sites (tertiary alicyclic amines) is 1. The van der Waals surface area contributed by atoms with Crippen LogP contribution in [0, 0.1) is 5.92 Å². The maximum atomic E-state index is 12.1. The summed E-state index contributed by atoms with van der Waals surface area (Å²) in [5, 5.41) is 12.6. The molecule has 0 aromatic rings. The molecular weight excluding hydrogens is 272 g/mol. The minimum atomic E-state index is -0.534. The van der Waals surface area contributed by atoms with Crippen LogP contribution in [0.1, 0.15) is 51.9 Å². The maximum absolute atomic E-state index is 12.1. The number of hydrogen-bond acceptors (Lipinski definition) is 4. The van der Waals surface area contributed by atoms with Crippen LogP contribution >= 0.6 is 0 Å². The second-order valence-corrected chi connectivity index (χ2v) is 6.38. The third-order valence-corrected chi connectivity index (χ3v) is 4.52. The van der Waals surface area contributed by atoms with Crippen LogP contribution in [-0.4, -0.2) is 46.4 Å². The van der Waals surface area contributed by atoms with Crippen LogP contribution in [0.2, 0.25) is 0 Å². The Morgan fingerprint density at radius 2 is 2.05 bits per heavy atom. The van der Waals surface area contributed by atoms with E-state index in [-0.39, 0.29) is 50.1 Å². The largest absolute Gasteiger partial charge is 0.394 e. The lowest BCUT2D eigenvalue weighted by Gasteiger charge is -2.39. The van der Waals surface area contributed by atoms with Crippen LogP contribution in [0.5, 0.6) is 0 Å². The van der Waals surface area contributed by atoms with Crippen molar-refractivity contribution >= 4 is 17.7 Å². The number of hydrogen-bond donors (Lipinski definition) is 2. The molecule has 3 amide bonds. The Balaban J connectivity index is 1.85. The highest BCUT2D eigenvalue weighted by Gasteiger charge is 2.36. The van der Waals surface area contributed by atoms with Crippen molar-refractivity contribution in [3.8, 4) is 0 Å². The Kier molecular flexibility index (Phi) is 4.98. The highest BCUT2D eigenvalue weighted by atomic mass is 16.3. The Morgan fingerprint density at radius 1 is 1.38 bits per heavy atom. The van der Waals surface area contributed by atoms with E-state index in [1.165, 1.54) is 0 Å². The van der Waals surface area contributed by atoms with Gasteiger partial charge in [-0.2, -0.15) is 0 Å². The van der Waals surface area contributed by atoms with Gasteiger partial charge in [0.25, 0.3) is 0 Å². The molecule has 0 spiro atoms. The first kappa shape index (κ1) is 15.9. The number of amides is 3. The number of carbonyl (C=O) groups is 3. The lowest BCUT2D eigenvalue weighted by molar-refractivity contribution is -0.138. The summed E-state index contributed by atoms with van der Waals surface area (Å²) in [4.78, 5) is 36.2. The second-order valence-electron chi connectivity index (χ2n) is 6.38. The molecule has 0 radical (unpaired) electrons. The van der Waals surface area contributed by atoms with Gasteiger partial charge in [-0.15, -0.1) is 0 Å². The Morgan fingerprint density at radius 3 is 2.62 bits per heavy atom. The molecule has 6 nitrogen and oxygen atoms in total. The summed E-state index contributed by atoms with van der Waals surface area (Å²) in [5.41, 5.74) is -0.534. The third kappa shape index (κ3) is 3.81. The van der Waals surface area contributed by atoms with Crippen molar-refractivity contribution in [2.75, 3.05) is 13.2 Å². The van der Waals surface area contributed by atoms with Crippen LogP contribution in [0.15, 0.2) is 0 Å². The van der Waals surface area contributed by atoms with E-state index in [1.807, 2.05) is 0 Å². The fourth-order valence-electron chi connectivity index (χ4n) is 3.40. The molecule has 0 aromatic carbocycles. The Bertz CT molecular complexity index is 421. The Hall–Kier alpha value is -1.43. The molecule has 1 aliphatic heterocycles. The lowest BCUT2D eigenvalue weighted by atomic mass is 9.77. The summed E-state index contributed by atoms with van der Waals surface area (Å²) in [5.74, 6) is -0.120. The van der Waals surface area contributed by atoms with Crippen molar-refractivity contribution in [2.45, 2.75) is 57.4 Å². The molecule has 0 bridgehead atoms. The summed E-state index contributed by atoms with van der Waals surface area (Å²) < 4.78 is 0. The quantitative estimate of drug-likeness (QED) is 0.727. The first-order valence-corrected chi connectivity index (χ1v) is 7.71. The molecule has 2 fully saturated rings. The lowest BCUT2D eigenvalue weighted by Crippen LogP contribution is -2.54. The highest BCUT2D eigenvalue weighted by Crippen LogP contribution is 2.32. The van der Waals surface area contributed by atoms with Gasteiger partial charge < -0.3 is 10.4 Å². The molecule has 1 saturated heterocycles. The van der Waals surface area contributed by atoms with Crippen molar-refractivity contribution in [2.24, 2.45) is 5.92 Å². The molecule has 2 unspecified atom stereocenters. The zero-order valence-corrected chi connectivity index (χ0v) is 12.6. The number of aliphatic hydroxyl groups excluding tert-OH is 1. The molecule has 2 aliphatic rings. The predicted molar refractivity (Wildman–Crippen MR) is 76.2 cm³/mol. The molecule has 6 heteroatoms. The zero-order valence-electron chi connectivity index (χ0n) is 12.6. The molecule has 2 atom stereocenters. The first-order chi connectivity index (χ1) is 9.96. The van der Waals surface area contributed by atoms with Gasteiger partial charge in [0.05, 0.1) is 12.1 Å². The second kappa shape index (κ2) is 6.56. The SMILES string of the molecule is CC1CCCC(CO)(NC(=O)CCN2C(=O)CCC2=O)C1. The normalized spacial score (nSPS) is 29.8. The highest BCUT2D eigenvalue weighted by molar-refractivity contribution is 6.02. The minimum absolute atomic E-state index is 0.0648. The monoisotopic (exact) mass is 296 g/mol. The molecule has 1 aliphatic carbocycles. The van der Waals surface area contributed by atoms with Crippen LogP contribution in [-0.2, 0) is 14.4 Å². The van der Waals surface area contributed by atoms with E-state index in [1.54, 1.807) is 0 Å². The number of aliphatic hydroxyl groups is 1. The van der Waals surface area contributed by atoms with Crippen molar-refractivity contribution in [1.29, 1.82) is 0 Å². The fraction of sp³-hybridized carbons (Fsp3) is 0.800. The number of carbonyl (C=O) groups excluding carboxylic acids is 3. The molecule has 1 heterocycles. The number of imide groups is 1. The molecular formula is C15H24N2O4. The molecule has 1 saturated carbocycles. The van der Waals surface area contributed by atoms with Gasteiger partial charge >= 0.3 is 0 Å². The number of nitrogens with zero attached hydrogens (tertiary/aromatic N) is 1. The van der Waals surface area contributed by atoms with E-state index in [2.05, 4.69) is 12.2 Å². The van der Waals surface area contributed by atoms with Crippen molar-refractivity contribution in [1.82, 2.24) is 10.2 Å². The topological polar surface area (TPSA) is 86.7 Å². The number of rotatable bonds is 5. The fourth-order valence-corrected chi connectivity index (χ4v) is 3.40. The van der Waals surface area contributed by atoms with E-state index in [4.69, 9.17) is 0 Å². The molecule has 118 valence electrons. The summed E-state index contributed by atoms with van der Waals surface area (Å²) in [6, 6.07) is 0. The summed E-state index contributed by atoms with van der Waals surface area (Å²) in [6.45, 7) is 2.20. The van der Waals surface area contributed by atoms with Crippen molar-refractivity contribution in [3.05, 3.63) is 0 Å². The van der Waals surface area contributed by atoms with Gasteiger partial charge in [-0.3, -0.25) is 19.3 Å². The third-order valence-electron chi connectivity index (χ3n) is 4.52. The van der Waals surface area contributed by atoms with Crippen LogP contribution < -0.4 is 5.32 Å². The maximum Gasteiger partial charge on any atom is 0.229 e. The summed E-state index contributed by atoms with van der Waals surface area (Å²) in [7, 11) is 0. The van der Waals surface area contributed by atoms with E-state index in [0.717, 1.165) is 30.6 Å². The first-order valence-electron chi connectivity index (χ1n) is 7.71. The van der Waals surface area contributed by atoms with Gasteiger partial charge in [0, 0.05) is 25.8 Å². The summed E-state index contributed by atoms with van der Waals surface area (Å²) >= 11 is 0. The molecule has 0 aromatic heterocycles. The van der Waals surface area contributed by atoms with Gasteiger partial charge in [-0.05, 0) is 18.8 Å². The Labute approximate surface area is 124 Å². The smallest absolute Gasteiger partial charge is 0.229 e. The zero-order chi connectivity index (χ0) is 15.5. The van der Waals surface area contributed by atoms with E-state index in [9.17, 15) is 19.5 Å². The van der Waals surface area contributed by atoms with Gasteiger partial charge in [0.1, 0.15) is 0 Å². The summed E-state index contributed by atoms with van der Waals surface area (Å²) in [6.07, 6.45) is 4.27. The average Bonchev–Trinajstić information content (AvgIpc) is 2.76. The van der Waals surface area contributed by atoms with Gasteiger partial charge in [0.15, 0.2) is 0 Å². The molecule has 2 rings (SSSR count). The van der Waals surface area contributed by atoms with Gasteiger partial charge in [-0.25, -0.2) is 0 Å². The van der Waals surface area contributed by atoms with E-state index >= 15 is 0 Å². The molecule has 21 heavy (non-hydrogen) atoms. The van der Waals surface area contributed by atoms with Crippen molar-refractivity contribution < 1.29 is 19.5 Å². The van der Waals surface area contributed by atoms with Crippen LogP contribution in [0.3, 0.4) is 0 Å². The minimum Gasteiger partial charge on any atom is -0.394 e. The molecule has 2 N–H and O–H groups in total. The standard InChI is InChI=1S/C15H24N2O4/c1-11-3-2-7-15(9-11,10-18)16-12(19)6-8-17-13(20)4-5-14(17)21/h11,18H,2-10H2,1H3,(H,16,19). The average molecular weight is 296 g/mol. The number of nitrogens with one attached hydrogen (secondary N) is 1. The van der Waals surface area contributed by atoms with Crippen molar-refractivity contribution in [3.63, 3.8) is 0 Å². The van der Waals surface area contributed by atoms with Gasteiger partial charge in [0.2, 0.25) is 17.7 Å². The predicted octanol–water partition coefficient (Wildman–Crippen LogP) is 0.583. The van der Waals surface area contributed by atoms with E-state index in [0.29, 0.717) is 5.92 Å². The van der Waals surface area contributed by atoms with Crippen LogP contribution in [0.4, 0.5) is 0 Å². The van der Waals surface area contributed by atoms with Gasteiger partial charge in [-0.1, -0.05) is 19.8 Å².